The maximum absolute atomic E-state index is 12.8. The van der Waals surface area contributed by atoms with Gasteiger partial charge < -0.3 is 24.3 Å². The monoisotopic (exact) mass is 393 g/mol. The van der Waals surface area contributed by atoms with Gasteiger partial charge in [-0.2, -0.15) is 0 Å². The minimum atomic E-state index is -0.0526. The highest BCUT2D eigenvalue weighted by Crippen LogP contribution is 2.28. The van der Waals surface area contributed by atoms with Gasteiger partial charge in [-0.25, -0.2) is 0 Å². The average molecular weight is 393 g/mol. The van der Waals surface area contributed by atoms with E-state index in [2.05, 4.69) is 28.1 Å². The lowest BCUT2D eigenvalue weighted by atomic mass is 10.1. The summed E-state index contributed by atoms with van der Waals surface area (Å²) < 4.78 is 10.8. The van der Waals surface area contributed by atoms with Gasteiger partial charge in [-0.1, -0.05) is 19.1 Å². The molecule has 1 aliphatic heterocycles. The molecule has 0 unspecified atom stereocenters. The van der Waals surface area contributed by atoms with Gasteiger partial charge in [0, 0.05) is 43.2 Å². The van der Waals surface area contributed by atoms with Crippen molar-refractivity contribution in [1.29, 1.82) is 0 Å². The highest BCUT2D eigenvalue weighted by Gasteiger charge is 2.19. The van der Waals surface area contributed by atoms with E-state index < -0.39 is 0 Å². The first-order valence-electron chi connectivity index (χ1n) is 10.1. The molecule has 0 atom stereocenters. The Hall–Kier alpha value is -2.99. The zero-order valence-electron chi connectivity index (χ0n) is 17.0. The first-order chi connectivity index (χ1) is 14.2. The topological polar surface area (TPSA) is 58.0 Å². The number of methoxy groups -OCH3 is 1. The van der Waals surface area contributed by atoms with E-state index in [9.17, 15) is 4.79 Å². The summed E-state index contributed by atoms with van der Waals surface area (Å²) in [5.74, 6) is 0.683. The Balaban J connectivity index is 1.47. The maximum atomic E-state index is 12.8. The van der Waals surface area contributed by atoms with Crippen molar-refractivity contribution < 1.29 is 13.9 Å². The van der Waals surface area contributed by atoms with E-state index in [-0.39, 0.29) is 12.3 Å². The smallest absolute Gasteiger partial charge is 0.228 e. The number of amides is 1. The van der Waals surface area contributed by atoms with Crippen LogP contribution in [0.4, 0.5) is 11.4 Å². The molecule has 1 aliphatic rings. The number of likely N-dealkylation sites (N-methyl/N-ethyl adjacent to an activating group) is 1. The number of para-hydroxylation sites is 2. The van der Waals surface area contributed by atoms with Crippen molar-refractivity contribution in [2.45, 2.75) is 13.3 Å². The summed E-state index contributed by atoms with van der Waals surface area (Å²) in [7, 11) is 1.62. The normalized spacial score (nSPS) is 14.9. The number of piperazine rings is 1. The van der Waals surface area contributed by atoms with Gasteiger partial charge in [0.25, 0.3) is 0 Å². The van der Waals surface area contributed by atoms with Crippen molar-refractivity contribution in [2.24, 2.45) is 0 Å². The molecule has 0 bridgehead atoms. The molecular weight excluding hydrogens is 366 g/mol. The Morgan fingerprint density at radius 1 is 1.14 bits per heavy atom. The number of furan rings is 1. The molecule has 0 spiro atoms. The second-order valence-corrected chi connectivity index (χ2v) is 7.29. The third kappa shape index (κ3) is 4.22. The van der Waals surface area contributed by atoms with E-state index in [1.165, 1.54) is 0 Å². The molecule has 0 saturated carbocycles. The minimum Gasteiger partial charge on any atom is -0.497 e. The Morgan fingerprint density at radius 3 is 2.69 bits per heavy atom. The molecule has 29 heavy (non-hydrogen) atoms. The number of rotatable bonds is 6. The van der Waals surface area contributed by atoms with Crippen LogP contribution in [0.15, 0.2) is 53.1 Å². The fourth-order valence-corrected chi connectivity index (χ4v) is 3.85. The number of nitrogens with one attached hydrogen (secondary N) is 1. The Morgan fingerprint density at radius 2 is 1.93 bits per heavy atom. The summed E-state index contributed by atoms with van der Waals surface area (Å²) in [6.45, 7) is 7.30. The van der Waals surface area contributed by atoms with Crippen LogP contribution in [-0.2, 0) is 11.2 Å². The summed E-state index contributed by atoms with van der Waals surface area (Å²) in [6.07, 6.45) is 1.91. The average Bonchev–Trinajstić information content (AvgIpc) is 3.16. The lowest BCUT2D eigenvalue weighted by Crippen LogP contribution is -2.46. The van der Waals surface area contributed by atoms with Crippen molar-refractivity contribution in [3.05, 3.63) is 54.3 Å². The quantitative estimate of drug-likeness (QED) is 0.691. The Kier molecular flexibility index (Phi) is 5.71. The van der Waals surface area contributed by atoms with E-state index in [4.69, 9.17) is 9.15 Å². The van der Waals surface area contributed by atoms with Crippen LogP contribution in [0.1, 0.15) is 12.5 Å². The molecule has 3 aromatic rings. The molecule has 1 aromatic heterocycles. The molecule has 0 radical (unpaired) electrons. The molecule has 6 nitrogen and oxygen atoms in total. The third-order valence-corrected chi connectivity index (χ3v) is 5.55. The number of nitrogens with zero attached hydrogens (tertiary/aromatic N) is 2. The maximum Gasteiger partial charge on any atom is 0.228 e. The second kappa shape index (κ2) is 8.57. The summed E-state index contributed by atoms with van der Waals surface area (Å²) in [5.41, 5.74) is 3.53. The van der Waals surface area contributed by atoms with Gasteiger partial charge >= 0.3 is 0 Å². The van der Waals surface area contributed by atoms with Gasteiger partial charge in [0.05, 0.1) is 31.2 Å². The number of anilines is 2. The van der Waals surface area contributed by atoms with E-state index in [1.54, 1.807) is 13.4 Å². The van der Waals surface area contributed by atoms with Crippen LogP contribution in [0.2, 0.25) is 0 Å². The fraction of sp³-hybridized carbons (Fsp3) is 0.348. The molecule has 152 valence electrons. The first kappa shape index (κ1) is 19.3. The van der Waals surface area contributed by atoms with Gasteiger partial charge in [-0.3, -0.25) is 4.79 Å². The van der Waals surface area contributed by atoms with E-state index in [0.717, 1.165) is 66.4 Å². The van der Waals surface area contributed by atoms with Gasteiger partial charge in [0.15, 0.2) is 0 Å². The number of hydrogen-bond acceptors (Lipinski definition) is 5. The Labute approximate surface area is 171 Å². The van der Waals surface area contributed by atoms with Crippen molar-refractivity contribution in [1.82, 2.24) is 4.90 Å². The predicted octanol–water partition coefficient (Wildman–Crippen LogP) is 3.76. The third-order valence-electron chi connectivity index (χ3n) is 5.55. The van der Waals surface area contributed by atoms with Gasteiger partial charge in [0.1, 0.15) is 11.3 Å². The molecule has 2 heterocycles. The van der Waals surface area contributed by atoms with Crippen LogP contribution in [0.25, 0.3) is 11.0 Å². The second-order valence-electron chi connectivity index (χ2n) is 7.29. The van der Waals surface area contributed by atoms with Crippen LogP contribution in [-0.4, -0.2) is 50.6 Å². The number of benzene rings is 2. The molecule has 6 heteroatoms. The number of fused-ring (bicyclic) bond motifs is 1. The molecular formula is C23H27N3O3. The van der Waals surface area contributed by atoms with Crippen LogP contribution in [0, 0.1) is 0 Å². The molecule has 1 saturated heterocycles. The minimum absolute atomic E-state index is 0.0526. The van der Waals surface area contributed by atoms with Crippen molar-refractivity contribution in [3.63, 3.8) is 0 Å². The van der Waals surface area contributed by atoms with Crippen LogP contribution in [0.5, 0.6) is 5.75 Å². The van der Waals surface area contributed by atoms with Crippen LogP contribution < -0.4 is 15.0 Å². The van der Waals surface area contributed by atoms with E-state index in [0.29, 0.717) is 0 Å². The summed E-state index contributed by atoms with van der Waals surface area (Å²) >= 11 is 0. The molecule has 4 rings (SSSR count). The number of ether oxygens (including phenoxy) is 1. The van der Waals surface area contributed by atoms with Crippen molar-refractivity contribution in [2.75, 3.05) is 50.1 Å². The van der Waals surface area contributed by atoms with Crippen molar-refractivity contribution >= 4 is 28.3 Å². The number of hydrogen-bond donors (Lipinski definition) is 1. The van der Waals surface area contributed by atoms with Gasteiger partial charge in [0.2, 0.25) is 5.91 Å². The Bertz CT molecular complexity index is 990. The SMILES string of the molecule is CCN1CCN(c2ccccc2NC(=O)Cc2coc3cc(OC)ccc23)CC1. The fourth-order valence-electron chi connectivity index (χ4n) is 3.85. The predicted molar refractivity (Wildman–Crippen MR) is 116 cm³/mol. The first-order valence-corrected chi connectivity index (χ1v) is 10.1. The van der Waals surface area contributed by atoms with Crippen LogP contribution in [0.3, 0.4) is 0 Å². The molecule has 0 aliphatic carbocycles. The summed E-state index contributed by atoms with van der Waals surface area (Å²) in [6, 6.07) is 13.7. The summed E-state index contributed by atoms with van der Waals surface area (Å²) in [5, 5.41) is 4.03. The molecule has 1 amide bonds. The number of carbonyl (C=O) groups excluding carboxylic acids is 1. The van der Waals surface area contributed by atoms with E-state index >= 15 is 0 Å². The lowest BCUT2D eigenvalue weighted by molar-refractivity contribution is -0.115. The van der Waals surface area contributed by atoms with Crippen LogP contribution >= 0.6 is 0 Å². The molecule has 2 aromatic carbocycles. The highest BCUT2D eigenvalue weighted by molar-refractivity contribution is 5.97. The lowest BCUT2D eigenvalue weighted by Gasteiger charge is -2.36. The zero-order valence-corrected chi connectivity index (χ0v) is 17.0. The standard InChI is InChI=1S/C23H27N3O3/c1-3-25-10-12-26(13-11-25)21-7-5-4-6-20(21)24-23(27)14-17-16-29-22-15-18(28-2)8-9-19(17)22/h4-9,15-16H,3,10-14H2,1-2H3,(H,24,27). The van der Waals surface area contributed by atoms with E-state index in [1.807, 2.05) is 36.4 Å². The molecule has 1 N–H and O–H groups in total. The number of carbonyl (C=O) groups is 1. The highest BCUT2D eigenvalue weighted by atomic mass is 16.5. The molecule has 1 fully saturated rings. The van der Waals surface area contributed by atoms with Crippen molar-refractivity contribution in [3.8, 4) is 5.75 Å². The van der Waals surface area contributed by atoms with Gasteiger partial charge in [-0.15, -0.1) is 0 Å². The van der Waals surface area contributed by atoms with Gasteiger partial charge in [-0.05, 0) is 30.8 Å². The largest absolute Gasteiger partial charge is 0.497 e. The zero-order chi connectivity index (χ0) is 20.2. The summed E-state index contributed by atoms with van der Waals surface area (Å²) in [4.78, 5) is 17.6.